The van der Waals surface area contributed by atoms with E-state index in [1.54, 1.807) is 6.08 Å². The molecule has 12 heavy (non-hydrogen) atoms. The van der Waals surface area contributed by atoms with Crippen LogP contribution < -0.4 is 5.32 Å². The van der Waals surface area contributed by atoms with Crippen LogP contribution in [0.5, 0.6) is 0 Å². The monoisotopic (exact) mass is 189 g/mol. The van der Waals surface area contributed by atoms with Crippen molar-refractivity contribution in [3.63, 3.8) is 0 Å². The van der Waals surface area contributed by atoms with Crippen molar-refractivity contribution in [3.05, 3.63) is 12.7 Å². The molecule has 3 heteroatoms. The zero-order valence-electron chi connectivity index (χ0n) is 7.69. The molecule has 70 valence electrons. The maximum atomic E-state index is 11.3. The highest BCUT2D eigenvalue weighted by molar-refractivity contribution is 6.19. The average Bonchev–Trinajstić information content (AvgIpc) is 2.05. The predicted octanol–water partition coefficient (Wildman–Crippen LogP) is 1.94. The molecule has 0 aromatic rings. The van der Waals surface area contributed by atoms with Crippen molar-refractivity contribution in [1.82, 2.24) is 5.32 Å². The standard InChI is InChI=1S/C9H16ClNO/c1-4-5-6-11-8(12)9(2,3)7-10/h4H,1,5-7H2,2-3H3,(H,11,12). The first-order valence-corrected chi connectivity index (χ1v) is 4.53. The van der Waals surface area contributed by atoms with Gasteiger partial charge in [0.2, 0.25) is 5.91 Å². The molecular weight excluding hydrogens is 174 g/mol. The maximum Gasteiger partial charge on any atom is 0.226 e. The van der Waals surface area contributed by atoms with Crippen LogP contribution in [0.25, 0.3) is 0 Å². The number of carbonyl (C=O) groups excluding carboxylic acids is 1. The number of amides is 1. The van der Waals surface area contributed by atoms with Crippen molar-refractivity contribution in [2.24, 2.45) is 5.41 Å². The molecule has 2 nitrogen and oxygen atoms in total. The topological polar surface area (TPSA) is 29.1 Å². The number of hydrogen-bond donors (Lipinski definition) is 1. The number of halogens is 1. The molecule has 0 radical (unpaired) electrons. The number of rotatable bonds is 5. The smallest absolute Gasteiger partial charge is 0.226 e. The second-order valence-corrected chi connectivity index (χ2v) is 3.62. The Labute approximate surface area is 79.0 Å². The number of alkyl halides is 1. The Balaban J connectivity index is 3.79. The maximum absolute atomic E-state index is 11.3. The van der Waals surface area contributed by atoms with E-state index < -0.39 is 5.41 Å². The number of hydrogen-bond acceptors (Lipinski definition) is 1. The Morgan fingerprint density at radius 3 is 2.67 bits per heavy atom. The molecule has 0 aromatic heterocycles. The molecule has 0 aliphatic heterocycles. The van der Waals surface area contributed by atoms with Crippen LogP contribution in [-0.2, 0) is 4.79 Å². The first-order valence-electron chi connectivity index (χ1n) is 3.99. The normalized spacial score (nSPS) is 10.9. The zero-order chi connectivity index (χ0) is 9.61. The average molecular weight is 190 g/mol. The summed E-state index contributed by atoms with van der Waals surface area (Å²) in [5.74, 6) is 0.340. The Bertz CT molecular complexity index is 166. The lowest BCUT2D eigenvalue weighted by atomic mass is 9.95. The zero-order valence-corrected chi connectivity index (χ0v) is 8.45. The summed E-state index contributed by atoms with van der Waals surface area (Å²) < 4.78 is 0. The second-order valence-electron chi connectivity index (χ2n) is 3.35. The SMILES string of the molecule is C=CCCNC(=O)C(C)(C)CCl. The highest BCUT2D eigenvalue weighted by Gasteiger charge is 2.25. The molecule has 0 aromatic carbocycles. The van der Waals surface area contributed by atoms with Gasteiger partial charge in [-0.1, -0.05) is 6.08 Å². The Morgan fingerprint density at radius 2 is 2.25 bits per heavy atom. The predicted molar refractivity (Wildman–Crippen MR) is 52.3 cm³/mol. The van der Waals surface area contributed by atoms with E-state index in [1.807, 2.05) is 13.8 Å². The van der Waals surface area contributed by atoms with Crippen LogP contribution in [0.1, 0.15) is 20.3 Å². The molecule has 0 heterocycles. The first kappa shape index (κ1) is 11.5. The summed E-state index contributed by atoms with van der Waals surface area (Å²) in [6, 6.07) is 0. The minimum atomic E-state index is -0.470. The summed E-state index contributed by atoms with van der Waals surface area (Å²) in [5, 5.41) is 2.78. The van der Waals surface area contributed by atoms with Gasteiger partial charge in [0.05, 0.1) is 5.41 Å². The van der Waals surface area contributed by atoms with E-state index in [1.165, 1.54) is 0 Å². The van der Waals surface area contributed by atoms with Crippen LogP contribution >= 0.6 is 11.6 Å². The Kier molecular flexibility index (Phi) is 4.98. The van der Waals surface area contributed by atoms with Crippen LogP contribution in [0, 0.1) is 5.41 Å². The van der Waals surface area contributed by atoms with Crippen LogP contribution in [0.4, 0.5) is 0 Å². The third-order valence-corrected chi connectivity index (χ3v) is 2.25. The quantitative estimate of drug-likeness (QED) is 0.400. The molecule has 0 aliphatic rings. The lowest BCUT2D eigenvalue weighted by Gasteiger charge is -2.19. The highest BCUT2D eigenvalue weighted by atomic mass is 35.5. The summed E-state index contributed by atoms with van der Waals surface area (Å²) in [6.07, 6.45) is 2.57. The van der Waals surface area contributed by atoms with Gasteiger partial charge in [0.25, 0.3) is 0 Å². The van der Waals surface area contributed by atoms with Crippen molar-refractivity contribution in [2.45, 2.75) is 20.3 Å². The van der Waals surface area contributed by atoms with E-state index in [0.717, 1.165) is 6.42 Å². The number of carbonyl (C=O) groups is 1. The fourth-order valence-electron chi connectivity index (χ4n) is 0.588. The van der Waals surface area contributed by atoms with Crippen LogP contribution in [0.2, 0.25) is 0 Å². The van der Waals surface area contributed by atoms with E-state index in [4.69, 9.17) is 11.6 Å². The van der Waals surface area contributed by atoms with E-state index in [0.29, 0.717) is 12.4 Å². The van der Waals surface area contributed by atoms with E-state index >= 15 is 0 Å². The van der Waals surface area contributed by atoms with Crippen molar-refractivity contribution < 1.29 is 4.79 Å². The molecule has 0 saturated carbocycles. The minimum absolute atomic E-state index is 0.000602. The van der Waals surface area contributed by atoms with Crippen molar-refractivity contribution >= 4 is 17.5 Å². The summed E-state index contributed by atoms with van der Waals surface area (Å²) in [5.41, 5.74) is -0.470. The lowest BCUT2D eigenvalue weighted by molar-refractivity contribution is -0.128. The van der Waals surface area contributed by atoms with Crippen LogP contribution in [0.3, 0.4) is 0 Å². The third kappa shape index (κ3) is 3.77. The van der Waals surface area contributed by atoms with Gasteiger partial charge in [0, 0.05) is 12.4 Å². The van der Waals surface area contributed by atoms with Gasteiger partial charge in [-0.2, -0.15) is 0 Å². The molecule has 0 aliphatic carbocycles. The van der Waals surface area contributed by atoms with Gasteiger partial charge in [-0.05, 0) is 20.3 Å². The molecule has 1 amide bonds. The number of nitrogens with one attached hydrogen (secondary N) is 1. The van der Waals surface area contributed by atoms with Gasteiger partial charge in [-0.3, -0.25) is 4.79 Å². The van der Waals surface area contributed by atoms with Crippen molar-refractivity contribution in [2.75, 3.05) is 12.4 Å². The van der Waals surface area contributed by atoms with E-state index in [-0.39, 0.29) is 5.91 Å². The Hall–Kier alpha value is -0.500. The summed E-state index contributed by atoms with van der Waals surface area (Å²) in [4.78, 5) is 11.3. The van der Waals surface area contributed by atoms with Gasteiger partial charge >= 0.3 is 0 Å². The first-order chi connectivity index (χ1) is 5.54. The minimum Gasteiger partial charge on any atom is -0.355 e. The van der Waals surface area contributed by atoms with Crippen LogP contribution in [0.15, 0.2) is 12.7 Å². The van der Waals surface area contributed by atoms with Gasteiger partial charge in [-0.15, -0.1) is 18.2 Å². The molecule has 0 saturated heterocycles. The molecule has 0 atom stereocenters. The fraction of sp³-hybridized carbons (Fsp3) is 0.667. The third-order valence-electron chi connectivity index (χ3n) is 1.58. The molecule has 0 rings (SSSR count). The van der Waals surface area contributed by atoms with Crippen molar-refractivity contribution in [1.29, 1.82) is 0 Å². The van der Waals surface area contributed by atoms with Crippen molar-refractivity contribution in [3.8, 4) is 0 Å². The molecule has 0 unspecified atom stereocenters. The summed E-state index contributed by atoms with van der Waals surface area (Å²) in [7, 11) is 0. The molecule has 0 spiro atoms. The molecular formula is C9H16ClNO. The lowest BCUT2D eigenvalue weighted by Crippen LogP contribution is -2.38. The highest BCUT2D eigenvalue weighted by Crippen LogP contribution is 2.16. The summed E-state index contributed by atoms with van der Waals surface area (Å²) in [6.45, 7) is 7.85. The van der Waals surface area contributed by atoms with Gasteiger partial charge in [0.15, 0.2) is 0 Å². The van der Waals surface area contributed by atoms with Crippen LogP contribution in [-0.4, -0.2) is 18.3 Å². The van der Waals surface area contributed by atoms with E-state index in [9.17, 15) is 4.79 Å². The molecule has 0 fully saturated rings. The Morgan fingerprint density at radius 1 is 1.67 bits per heavy atom. The van der Waals surface area contributed by atoms with Gasteiger partial charge in [-0.25, -0.2) is 0 Å². The second kappa shape index (κ2) is 5.20. The fourth-order valence-corrected chi connectivity index (χ4v) is 0.709. The molecule has 1 N–H and O–H groups in total. The largest absolute Gasteiger partial charge is 0.355 e. The van der Waals surface area contributed by atoms with E-state index in [2.05, 4.69) is 11.9 Å². The van der Waals surface area contributed by atoms with Gasteiger partial charge in [0.1, 0.15) is 0 Å². The summed E-state index contributed by atoms with van der Waals surface area (Å²) >= 11 is 5.62. The molecule has 0 bridgehead atoms. The van der Waals surface area contributed by atoms with Gasteiger partial charge < -0.3 is 5.32 Å².